The first kappa shape index (κ1) is 31.3. The van der Waals surface area contributed by atoms with Crippen LogP contribution in [0.15, 0.2) is 23.0 Å². The van der Waals surface area contributed by atoms with Gasteiger partial charge in [0, 0.05) is 23.8 Å². The SMILES string of the molecule is COC(=O)[C@@]12OC[C@]34C([C@@H](O)[C@@H]1O)[C@@]1(C)CC(=O)C(OC(=O)CC(C)O)=C(C)[C@@H]1C[C@H]3OC(=O)[C@H](OC(=O)C=C(C)C)[C@@H]24. The number of carbonyl (C=O) groups excluding carboxylic acids is 5. The molecule has 236 valence electrons. The van der Waals surface area contributed by atoms with E-state index in [1.807, 2.05) is 0 Å². The van der Waals surface area contributed by atoms with Crippen LogP contribution >= 0.6 is 0 Å². The molecule has 43 heavy (non-hydrogen) atoms. The maximum atomic E-state index is 13.6. The van der Waals surface area contributed by atoms with Crippen LogP contribution in [-0.4, -0.2) is 94.8 Å². The van der Waals surface area contributed by atoms with Crippen molar-refractivity contribution in [2.45, 2.75) is 90.0 Å². The predicted octanol–water partition coefficient (Wildman–Crippen LogP) is 0.273. The van der Waals surface area contributed by atoms with Crippen LogP contribution in [0.25, 0.3) is 0 Å². The molecule has 2 saturated carbocycles. The van der Waals surface area contributed by atoms with E-state index < -0.39 is 94.4 Å². The van der Waals surface area contributed by atoms with E-state index >= 15 is 0 Å². The summed E-state index contributed by atoms with van der Waals surface area (Å²) < 4.78 is 28.1. The molecule has 0 amide bonds. The zero-order valence-corrected chi connectivity index (χ0v) is 24.9. The summed E-state index contributed by atoms with van der Waals surface area (Å²) in [5.74, 6) is -7.27. The van der Waals surface area contributed by atoms with E-state index in [1.165, 1.54) is 13.0 Å². The van der Waals surface area contributed by atoms with Crippen molar-refractivity contribution in [2.24, 2.45) is 28.6 Å². The van der Waals surface area contributed by atoms with Crippen molar-refractivity contribution in [3.05, 3.63) is 23.0 Å². The van der Waals surface area contributed by atoms with Gasteiger partial charge in [-0.2, -0.15) is 0 Å². The number of esters is 4. The molecule has 2 bridgehead atoms. The number of fused-ring (bicyclic) bond motifs is 2. The summed E-state index contributed by atoms with van der Waals surface area (Å²) in [6.07, 6.45) is -6.54. The second-order valence-electron chi connectivity index (χ2n) is 13.0. The molecule has 4 fully saturated rings. The van der Waals surface area contributed by atoms with Crippen LogP contribution in [0.5, 0.6) is 0 Å². The smallest absolute Gasteiger partial charge is 0.348 e. The number of hydrogen-bond donors (Lipinski definition) is 3. The van der Waals surface area contributed by atoms with Crippen LogP contribution in [0.1, 0.15) is 53.9 Å². The molecule has 2 saturated heterocycles. The van der Waals surface area contributed by atoms with Gasteiger partial charge in [0.25, 0.3) is 0 Å². The second-order valence-corrected chi connectivity index (χ2v) is 13.0. The minimum atomic E-state index is -2.27. The van der Waals surface area contributed by atoms with Gasteiger partial charge in [0.2, 0.25) is 11.7 Å². The number of Topliss-reactive ketones (excluding diaryl/α,β-unsaturated/α-hetero) is 1. The molecule has 5 aliphatic rings. The lowest BCUT2D eigenvalue weighted by atomic mass is 9.38. The van der Waals surface area contributed by atoms with E-state index in [9.17, 15) is 39.3 Å². The molecule has 3 aliphatic carbocycles. The van der Waals surface area contributed by atoms with Gasteiger partial charge in [-0.15, -0.1) is 0 Å². The topological polar surface area (TPSA) is 192 Å². The van der Waals surface area contributed by atoms with Crippen LogP contribution in [0.3, 0.4) is 0 Å². The van der Waals surface area contributed by atoms with Crippen LogP contribution in [-0.2, 0) is 47.7 Å². The number of methoxy groups -OCH3 is 1. The van der Waals surface area contributed by atoms with Crippen LogP contribution < -0.4 is 0 Å². The fraction of sp³-hybridized carbons (Fsp3) is 0.700. The Bertz CT molecular complexity index is 1330. The lowest BCUT2D eigenvalue weighted by molar-refractivity contribution is -0.290. The molecular formula is C30H38O13. The number of allylic oxidation sites excluding steroid dienone is 3. The molecule has 0 aromatic carbocycles. The second kappa shape index (κ2) is 10.5. The quantitative estimate of drug-likeness (QED) is 0.212. The number of aliphatic hydroxyl groups is 3. The molecule has 2 heterocycles. The Morgan fingerprint density at radius 2 is 1.84 bits per heavy atom. The van der Waals surface area contributed by atoms with E-state index in [0.717, 1.165) is 7.11 Å². The van der Waals surface area contributed by atoms with Crippen molar-refractivity contribution in [1.29, 1.82) is 0 Å². The van der Waals surface area contributed by atoms with Gasteiger partial charge in [-0.25, -0.2) is 14.4 Å². The Balaban J connectivity index is 1.67. The number of ether oxygens (including phenoxy) is 5. The first-order valence-electron chi connectivity index (χ1n) is 14.3. The summed E-state index contributed by atoms with van der Waals surface area (Å²) in [7, 11) is 1.08. The van der Waals surface area contributed by atoms with Crippen molar-refractivity contribution >= 4 is 29.7 Å². The van der Waals surface area contributed by atoms with E-state index in [4.69, 9.17) is 23.7 Å². The van der Waals surface area contributed by atoms with Gasteiger partial charge in [-0.3, -0.25) is 9.59 Å². The normalized spacial score (nSPS) is 41.7. The number of carbonyl (C=O) groups is 5. The van der Waals surface area contributed by atoms with E-state index in [2.05, 4.69) is 0 Å². The molecule has 0 aromatic heterocycles. The van der Waals surface area contributed by atoms with Gasteiger partial charge in [0.1, 0.15) is 12.2 Å². The van der Waals surface area contributed by atoms with Crippen molar-refractivity contribution in [3.8, 4) is 0 Å². The maximum Gasteiger partial charge on any atom is 0.348 e. The van der Waals surface area contributed by atoms with Crippen molar-refractivity contribution < 1.29 is 63.0 Å². The number of rotatable bonds is 6. The van der Waals surface area contributed by atoms with Gasteiger partial charge < -0.3 is 39.0 Å². The Hall–Kier alpha value is -3.13. The molecule has 2 aliphatic heterocycles. The highest BCUT2D eigenvalue weighted by Crippen LogP contribution is 2.72. The Kier molecular flexibility index (Phi) is 7.64. The highest BCUT2D eigenvalue weighted by atomic mass is 16.6. The minimum Gasteiger partial charge on any atom is -0.467 e. The molecule has 13 nitrogen and oxygen atoms in total. The fourth-order valence-corrected chi connectivity index (χ4v) is 8.77. The highest BCUT2D eigenvalue weighted by molar-refractivity contribution is 5.98. The van der Waals surface area contributed by atoms with Crippen molar-refractivity contribution in [1.82, 2.24) is 0 Å². The summed E-state index contributed by atoms with van der Waals surface area (Å²) in [6.45, 7) is 7.83. The number of ketones is 1. The van der Waals surface area contributed by atoms with Gasteiger partial charge >= 0.3 is 23.9 Å². The summed E-state index contributed by atoms with van der Waals surface area (Å²) in [5, 5.41) is 33.1. The third kappa shape index (κ3) is 4.30. The van der Waals surface area contributed by atoms with Gasteiger partial charge in [0.05, 0.1) is 38.3 Å². The molecule has 0 radical (unpaired) electrons. The zero-order valence-electron chi connectivity index (χ0n) is 24.9. The fourth-order valence-electron chi connectivity index (χ4n) is 8.77. The van der Waals surface area contributed by atoms with Crippen molar-refractivity contribution in [2.75, 3.05) is 13.7 Å². The largest absolute Gasteiger partial charge is 0.467 e. The molecule has 3 N–H and O–H groups in total. The van der Waals surface area contributed by atoms with Gasteiger partial charge in [0.15, 0.2) is 11.5 Å². The van der Waals surface area contributed by atoms with E-state index in [-0.39, 0.29) is 31.6 Å². The van der Waals surface area contributed by atoms with Gasteiger partial charge in [-0.05, 0) is 51.0 Å². The zero-order chi connectivity index (χ0) is 31.8. The average Bonchev–Trinajstić information content (AvgIpc) is 3.21. The lowest BCUT2D eigenvalue weighted by Crippen LogP contribution is -2.79. The van der Waals surface area contributed by atoms with E-state index in [0.29, 0.717) is 11.1 Å². The number of aliphatic hydroxyl groups excluding tert-OH is 3. The third-order valence-corrected chi connectivity index (χ3v) is 10.1. The first-order chi connectivity index (χ1) is 20.1. The van der Waals surface area contributed by atoms with Crippen molar-refractivity contribution in [3.63, 3.8) is 0 Å². The summed E-state index contributed by atoms with van der Waals surface area (Å²) >= 11 is 0. The predicted molar refractivity (Wildman–Crippen MR) is 142 cm³/mol. The standard InChI is InChI=1S/C30H38O13/c1-12(2)7-18(33)43-22-24-29-11-40-30(24,27(38)39-6)25(36)20(35)23(29)28(5)10-16(32)21(42-19(34)8-13(3)31)14(4)15(28)9-17(29)41-26(22)37/h7,13,15,17,20,22-25,31,35-36H,8-11H2,1-6H3/t13?,15-,17+,20+,22+,23?,24+,25-,28-,29+,30-/m0/s1. The summed E-state index contributed by atoms with van der Waals surface area (Å²) in [6, 6.07) is 0. The molecule has 1 spiro atoms. The Morgan fingerprint density at radius 1 is 1.16 bits per heavy atom. The molecular weight excluding hydrogens is 568 g/mol. The Morgan fingerprint density at radius 3 is 2.44 bits per heavy atom. The maximum absolute atomic E-state index is 13.6. The first-order valence-corrected chi connectivity index (χ1v) is 14.3. The molecule has 13 heteroatoms. The van der Waals surface area contributed by atoms with E-state index in [1.54, 1.807) is 27.7 Å². The summed E-state index contributed by atoms with van der Waals surface area (Å²) in [5.41, 5.74) is -3.77. The highest BCUT2D eigenvalue weighted by Gasteiger charge is 2.85. The van der Waals surface area contributed by atoms with Gasteiger partial charge in [-0.1, -0.05) is 12.5 Å². The lowest BCUT2D eigenvalue weighted by Gasteiger charge is -2.67. The monoisotopic (exact) mass is 606 g/mol. The molecule has 2 unspecified atom stereocenters. The Labute approximate surface area is 248 Å². The van der Waals surface area contributed by atoms with Crippen LogP contribution in [0.2, 0.25) is 0 Å². The molecule has 0 aromatic rings. The number of hydrogen-bond acceptors (Lipinski definition) is 13. The molecule has 5 rings (SSSR count). The molecule has 11 atom stereocenters. The van der Waals surface area contributed by atoms with Crippen LogP contribution in [0, 0.1) is 28.6 Å². The average molecular weight is 607 g/mol. The summed E-state index contributed by atoms with van der Waals surface area (Å²) in [4.78, 5) is 65.8. The van der Waals surface area contributed by atoms with Crippen LogP contribution in [0.4, 0.5) is 0 Å². The minimum absolute atomic E-state index is 0.101. The third-order valence-electron chi connectivity index (χ3n) is 10.1.